The summed E-state index contributed by atoms with van der Waals surface area (Å²) in [4.78, 5) is 11.6. The fourth-order valence-corrected chi connectivity index (χ4v) is 5.56. The Hall–Kier alpha value is -1.61. The predicted molar refractivity (Wildman–Crippen MR) is 83.1 cm³/mol. The number of sulfonamides is 1. The highest BCUT2D eigenvalue weighted by Crippen LogP contribution is 2.49. The maximum absolute atomic E-state index is 12.8. The maximum atomic E-state index is 12.8. The highest BCUT2D eigenvalue weighted by molar-refractivity contribution is 7.88. The number of carbonyl (C=O) groups is 1. The van der Waals surface area contributed by atoms with Gasteiger partial charge in [0, 0.05) is 13.1 Å². The van der Waals surface area contributed by atoms with E-state index < -0.39 is 38.9 Å². The van der Waals surface area contributed by atoms with E-state index in [0.717, 1.165) is 22.9 Å². The molecule has 25 heavy (non-hydrogen) atoms. The minimum absolute atomic E-state index is 0.0382. The number of carboxylic acid groups (broad SMARTS) is 1. The lowest BCUT2D eigenvalue weighted by Gasteiger charge is -2.23. The molecule has 0 radical (unpaired) electrons. The highest BCUT2D eigenvalue weighted by Gasteiger charge is 2.57. The molecule has 0 amide bonds. The molecule has 2 fully saturated rings. The molecule has 0 unspecified atom stereocenters. The van der Waals surface area contributed by atoms with Crippen LogP contribution in [0.2, 0.25) is 0 Å². The minimum Gasteiger partial charge on any atom is -0.481 e. The van der Waals surface area contributed by atoms with Gasteiger partial charge in [-0.15, -0.1) is 0 Å². The van der Waals surface area contributed by atoms with E-state index in [9.17, 15) is 31.5 Å². The van der Waals surface area contributed by atoms with Gasteiger partial charge in [0.1, 0.15) is 0 Å². The van der Waals surface area contributed by atoms with Gasteiger partial charge in [0.25, 0.3) is 0 Å². The van der Waals surface area contributed by atoms with Crippen LogP contribution in [-0.4, -0.2) is 36.9 Å². The van der Waals surface area contributed by atoms with E-state index in [1.165, 1.54) is 12.1 Å². The molecule has 5 nitrogen and oxygen atoms in total. The Labute approximate surface area is 143 Å². The summed E-state index contributed by atoms with van der Waals surface area (Å²) in [5.41, 5.74) is -1.92. The summed E-state index contributed by atoms with van der Waals surface area (Å²) < 4.78 is 64.7. The molecule has 1 aliphatic carbocycles. The van der Waals surface area contributed by atoms with Gasteiger partial charge in [0.15, 0.2) is 0 Å². The molecule has 1 saturated heterocycles. The second-order valence-corrected chi connectivity index (χ2v) is 8.77. The van der Waals surface area contributed by atoms with E-state index >= 15 is 0 Å². The topological polar surface area (TPSA) is 74.7 Å². The Balaban J connectivity index is 1.81. The van der Waals surface area contributed by atoms with Gasteiger partial charge in [-0.3, -0.25) is 4.79 Å². The molecule has 2 aliphatic rings. The number of hydrogen-bond donors (Lipinski definition) is 1. The Morgan fingerprint density at radius 3 is 2.68 bits per heavy atom. The first kappa shape index (κ1) is 18.2. The van der Waals surface area contributed by atoms with E-state index in [-0.39, 0.29) is 24.6 Å². The van der Waals surface area contributed by atoms with Crippen LogP contribution in [0.25, 0.3) is 0 Å². The number of hydrogen-bond acceptors (Lipinski definition) is 3. The molecule has 9 heteroatoms. The Bertz CT molecular complexity index is 793. The fourth-order valence-electron chi connectivity index (χ4n) is 3.94. The van der Waals surface area contributed by atoms with Crippen LogP contribution in [-0.2, 0) is 26.7 Å². The summed E-state index contributed by atoms with van der Waals surface area (Å²) in [6.45, 7) is 0.0158. The van der Waals surface area contributed by atoms with Crippen molar-refractivity contribution in [1.29, 1.82) is 0 Å². The lowest BCUT2D eigenvalue weighted by Crippen LogP contribution is -2.37. The number of alkyl halides is 3. The molecule has 3 rings (SSSR count). The maximum Gasteiger partial charge on any atom is 0.416 e. The Morgan fingerprint density at radius 2 is 2.08 bits per heavy atom. The SMILES string of the molecule is O=C(O)[C@@]12CCC[C@H]1CN(S(=O)(=O)Cc1cccc(C(F)(F)F)c1)C2. The third-order valence-corrected chi connectivity index (χ3v) is 7.03. The van der Waals surface area contributed by atoms with Crippen LogP contribution in [0.3, 0.4) is 0 Å². The van der Waals surface area contributed by atoms with Gasteiger partial charge in [-0.1, -0.05) is 24.6 Å². The predicted octanol–water partition coefficient (Wildman–Crippen LogP) is 2.72. The van der Waals surface area contributed by atoms with Crippen LogP contribution in [0.1, 0.15) is 30.4 Å². The van der Waals surface area contributed by atoms with Crippen molar-refractivity contribution < 1.29 is 31.5 Å². The third-order valence-electron chi connectivity index (χ3n) is 5.26. The summed E-state index contributed by atoms with van der Waals surface area (Å²) in [5, 5.41) is 9.53. The standard InChI is InChI=1S/C16H18F3NO4S/c17-16(18,19)12-4-1-3-11(7-12)9-25(23,24)20-8-13-5-2-6-15(13,10-20)14(21)22/h1,3-4,7,13H,2,5-6,8-10H2,(H,21,22)/t13-,15+/m0/s1. The zero-order chi connectivity index (χ0) is 18.5. The quantitative estimate of drug-likeness (QED) is 0.876. The molecule has 1 aromatic carbocycles. The van der Waals surface area contributed by atoms with Crippen LogP contribution in [0.5, 0.6) is 0 Å². The summed E-state index contributed by atoms with van der Waals surface area (Å²) in [7, 11) is -3.89. The number of halogens is 3. The van der Waals surface area contributed by atoms with Crippen molar-refractivity contribution in [3.8, 4) is 0 Å². The molecule has 0 spiro atoms. The Morgan fingerprint density at radius 1 is 1.36 bits per heavy atom. The summed E-state index contributed by atoms with van der Waals surface area (Å²) in [6, 6.07) is 4.21. The van der Waals surface area contributed by atoms with Crippen molar-refractivity contribution in [3.63, 3.8) is 0 Å². The molecule has 1 aliphatic heterocycles. The normalized spacial score (nSPS) is 27.4. The van der Waals surface area contributed by atoms with Crippen molar-refractivity contribution in [1.82, 2.24) is 4.31 Å². The average Bonchev–Trinajstić information content (AvgIpc) is 3.04. The number of carboxylic acids is 1. The first-order valence-corrected chi connectivity index (χ1v) is 9.53. The Kier molecular flexibility index (Phi) is 4.35. The third kappa shape index (κ3) is 3.27. The van der Waals surface area contributed by atoms with Crippen LogP contribution < -0.4 is 0 Å². The first-order valence-electron chi connectivity index (χ1n) is 7.92. The largest absolute Gasteiger partial charge is 0.481 e. The van der Waals surface area contributed by atoms with E-state index in [0.29, 0.717) is 12.8 Å². The van der Waals surface area contributed by atoms with Gasteiger partial charge in [-0.25, -0.2) is 12.7 Å². The highest BCUT2D eigenvalue weighted by atomic mass is 32.2. The van der Waals surface area contributed by atoms with Gasteiger partial charge in [0.05, 0.1) is 16.7 Å². The molecule has 0 aromatic heterocycles. The number of nitrogens with zero attached hydrogens (tertiary/aromatic N) is 1. The molecule has 2 atom stereocenters. The lowest BCUT2D eigenvalue weighted by molar-refractivity contribution is -0.149. The van der Waals surface area contributed by atoms with Crippen molar-refractivity contribution in [2.24, 2.45) is 11.3 Å². The van der Waals surface area contributed by atoms with E-state index in [2.05, 4.69) is 0 Å². The number of benzene rings is 1. The van der Waals surface area contributed by atoms with Gasteiger partial charge in [-0.2, -0.15) is 13.2 Å². The molecule has 1 heterocycles. The summed E-state index contributed by atoms with van der Waals surface area (Å²) in [6.07, 6.45) is -2.71. The molecular formula is C16H18F3NO4S. The first-order chi connectivity index (χ1) is 11.5. The minimum atomic E-state index is -4.54. The number of rotatable bonds is 4. The van der Waals surface area contributed by atoms with Crippen LogP contribution >= 0.6 is 0 Å². The zero-order valence-corrected chi connectivity index (χ0v) is 14.1. The number of aliphatic carboxylic acids is 1. The van der Waals surface area contributed by atoms with Gasteiger partial charge >= 0.3 is 12.1 Å². The summed E-state index contributed by atoms with van der Waals surface area (Å²) in [5.74, 6) is -1.80. The molecule has 138 valence electrons. The van der Waals surface area contributed by atoms with Gasteiger partial charge < -0.3 is 5.11 Å². The van der Waals surface area contributed by atoms with E-state index in [1.807, 2.05) is 0 Å². The zero-order valence-electron chi connectivity index (χ0n) is 13.3. The number of fused-ring (bicyclic) bond motifs is 1. The lowest BCUT2D eigenvalue weighted by atomic mass is 9.81. The average molecular weight is 377 g/mol. The van der Waals surface area contributed by atoms with E-state index in [4.69, 9.17) is 0 Å². The van der Waals surface area contributed by atoms with Crippen molar-refractivity contribution in [2.45, 2.75) is 31.2 Å². The van der Waals surface area contributed by atoms with E-state index in [1.54, 1.807) is 0 Å². The van der Waals surface area contributed by atoms with Crippen molar-refractivity contribution in [2.75, 3.05) is 13.1 Å². The summed E-state index contributed by atoms with van der Waals surface area (Å²) >= 11 is 0. The van der Waals surface area contributed by atoms with Gasteiger partial charge in [-0.05, 0) is 30.4 Å². The molecule has 1 aromatic rings. The molecule has 1 saturated carbocycles. The molecular weight excluding hydrogens is 359 g/mol. The second kappa shape index (κ2) is 5.98. The van der Waals surface area contributed by atoms with Crippen LogP contribution in [0, 0.1) is 11.3 Å². The van der Waals surface area contributed by atoms with Gasteiger partial charge in [0.2, 0.25) is 10.0 Å². The smallest absolute Gasteiger partial charge is 0.416 e. The van der Waals surface area contributed by atoms with Crippen molar-refractivity contribution >= 4 is 16.0 Å². The molecule has 0 bridgehead atoms. The molecule has 1 N–H and O–H groups in total. The second-order valence-electron chi connectivity index (χ2n) is 6.80. The van der Waals surface area contributed by atoms with Crippen LogP contribution in [0.4, 0.5) is 13.2 Å². The van der Waals surface area contributed by atoms with Crippen molar-refractivity contribution in [3.05, 3.63) is 35.4 Å². The fraction of sp³-hybridized carbons (Fsp3) is 0.562. The monoisotopic (exact) mass is 377 g/mol. The van der Waals surface area contributed by atoms with Crippen LogP contribution in [0.15, 0.2) is 24.3 Å².